The smallest absolute Gasteiger partial charge is 0.249 e. The van der Waals surface area contributed by atoms with Crippen molar-refractivity contribution in [2.45, 2.75) is 64.3 Å². The number of hydrogen-bond donors (Lipinski definition) is 0. The van der Waals surface area contributed by atoms with Gasteiger partial charge in [0.05, 0.1) is 6.10 Å². The van der Waals surface area contributed by atoms with Crippen LogP contribution in [0.5, 0.6) is 5.75 Å². The number of carbonyl (C=O) groups is 1. The van der Waals surface area contributed by atoms with Crippen LogP contribution < -0.4 is 4.74 Å². The molecule has 29 heavy (non-hydrogen) atoms. The minimum atomic E-state index is 0.112. The topological polar surface area (TPSA) is 51.2 Å². The van der Waals surface area contributed by atoms with E-state index in [1.807, 2.05) is 26.0 Å². The Morgan fingerprint density at radius 2 is 1.90 bits per heavy atom. The monoisotopic (exact) mass is 404 g/mol. The summed E-state index contributed by atoms with van der Waals surface area (Å²) < 4.78 is 16.4. The number of benzene rings is 1. The minimum absolute atomic E-state index is 0.112. The summed E-state index contributed by atoms with van der Waals surface area (Å²) in [6.45, 7) is 8.60. The van der Waals surface area contributed by atoms with Crippen LogP contribution in [0.4, 0.5) is 0 Å². The van der Waals surface area contributed by atoms with Crippen LogP contribution in [0.2, 0.25) is 0 Å². The van der Waals surface area contributed by atoms with Gasteiger partial charge in [-0.3, -0.25) is 9.69 Å². The van der Waals surface area contributed by atoms with Crippen molar-refractivity contribution in [3.8, 4) is 5.75 Å². The lowest BCUT2D eigenvalue weighted by atomic mass is 9.98. The van der Waals surface area contributed by atoms with Gasteiger partial charge < -0.3 is 19.1 Å². The van der Waals surface area contributed by atoms with Gasteiger partial charge in [-0.2, -0.15) is 0 Å². The van der Waals surface area contributed by atoms with E-state index in [2.05, 4.69) is 21.9 Å². The van der Waals surface area contributed by atoms with Crippen molar-refractivity contribution in [3.05, 3.63) is 29.8 Å². The van der Waals surface area contributed by atoms with Gasteiger partial charge in [-0.15, -0.1) is 0 Å². The van der Waals surface area contributed by atoms with Gasteiger partial charge in [0.15, 0.2) is 0 Å². The maximum atomic E-state index is 12.9. The number of methoxy groups -OCH3 is 1. The highest BCUT2D eigenvalue weighted by Crippen LogP contribution is 2.25. The Labute approximate surface area is 175 Å². The largest absolute Gasteiger partial charge is 0.491 e. The molecule has 3 rings (SSSR count). The minimum Gasteiger partial charge on any atom is -0.491 e. The second kappa shape index (κ2) is 11.0. The summed E-state index contributed by atoms with van der Waals surface area (Å²) in [4.78, 5) is 17.5. The van der Waals surface area contributed by atoms with Crippen molar-refractivity contribution < 1.29 is 19.0 Å². The van der Waals surface area contributed by atoms with Crippen molar-refractivity contribution in [1.82, 2.24) is 9.80 Å². The number of piperidine rings is 1. The molecular weight excluding hydrogens is 368 g/mol. The van der Waals surface area contributed by atoms with E-state index in [-0.39, 0.29) is 30.7 Å². The van der Waals surface area contributed by atoms with Gasteiger partial charge in [0, 0.05) is 45.5 Å². The zero-order chi connectivity index (χ0) is 20.6. The number of carbonyl (C=O) groups excluding carboxylic acids is 1. The molecule has 2 fully saturated rings. The molecule has 6 heteroatoms. The first-order valence-electron chi connectivity index (χ1n) is 10.9. The quantitative estimate of drug-likeness (QED) is 0.666. The summed E-state index contributed by atoms with van der Waals surface area (Å²) in [6, 6.07) is 8.91. The van der Waals surface area contributed by atoms with Crippen molar-refractivity contribution in [2.75, 3.05) is 40.0 Å². The first-order valence-corrected chi connectivity index (χ1v) is 10.9. The highest BCUT2D eigenvalue weighted by Gasteiger charge is 2.34. The molecule has 0 aliphatic carbocycles. The number of likely N-dealkylation sites (tertiary alicyclic amines) is 1. The average Bonchev–Trinajstić information content (AvgIpc) is 2.71. The van der Waals surface area contributed by atoms with Gasteiger partial charge in [0.25, 0.3) is 0 Å². The fourth-order valence-electron chi connectivity index (χ4n) is 4.47. The normalized spacial score (nSPS) is 21.3. The lowest BCUT2D eigenvalue weighted by Gasteiger charge is -2.44. The van der Waals surface area contributed by atoms with Crippen LogP contribution in [0.25, 0.3) is 0 Å². The average molecular weight is 405 g/mol. The predicted molar refractivity (Wildman–Crippen MR) is 113 cm³/mol. The Bertz CT molecular complexity index is 628. The van der Waals surface area contributed by atoms with Crippen LogP contribution in [0, 0.1) is 0 Å². The molecule has 0 radical (unpaired) electrons. The molecule has 0 N–H and O–H groups in total. The molecule has 2 aliphatic heterocycles. The molecule has 2 aliphatic rings. The van der Waals surface area contributed by atoms with E-state index >= 15 is 0 Å². The van der Waals surface area contributed by atoms with Gasteiger partial charge in [0.1, 0.15) is 12.4 Å². The molecule has 6 nitrogen and oxygen atoms in total. The van der Waals surface area contributed by atoms with Crippen LogP contribution in [-0.2, 0) is 20.8 Å². The summed E-state index contributed by atoms with van der Waals surface area (Å²) in [5.41, 5.74) is 1.28. The second-order valence-corrected chi connectivity index (χ2v) is 8.42. The van der Waals surface area contributed by atoms with E-state index in [4.69, 9.17) is 14.2 Å². The fourth-order valence-corrected chi connectivity index (χ4v) is 4.47. The Balaban J connectivity index is 1.63. The molecule has 2 saturated heterocycles. The first-order chi connectivity index (χ1) is 14.1. The number of rotatable bonds is 8. The molecule has 0 bridgehead atoms. The molecule has 1 amide bonds. The molecule has 0 saturated carbocycles. The molecule has 2 heterocycles. The van der Waals surface area contributed by atoms with E-state index in [9.17, 15) is 4.79 Å². The first kappa shape index (κ1) is 22.1. The van der Waals surface area contributed by atoms with E-state index in [0.717, 1.165) is 64.3 Å². The molecule has 1 atom stereocenters. The lowest BCUT2D eigenvalue weighted by molar-refractivity contribution is -0.144. The predicted octanol–water partition coefficient (Wildman–Crippen LogP) is 3.09. The van der Waals surface area contributed by atoms with Crippen molar-refractivity contribution in [1.29, 1.82) is 0 Å². The summed E-state index contributed by atoms with van der Waals surface area (Å²) in [5, 5.41) is 0. The number of ether oxygens (including phenoxy) is 3. The summed E-state index contributed by atoms with van der Waals surface area (Å²) >= 11 is 0. The third kappa shape index (κ3) is 6.43. The molecule has 0 aromatic heterocycles. The second-order valence-electron chi connectivity index (χ2n) is 8.42. The lowest BCUT2D eigenvalue weighted by Crippen LogP contribution is -2.55. The third-order valence-electron chi connectivity index (χ3n) is 5.72. The Morgan fingerprint density at radius 1 is 1.17 bits per heavy atom. The van der Waals surface area contributed by atoms with Crippen LogP contribution in [0.15, 0.2) is 24.3 Å². The summed E-state index contributed by atoms with van der Waals surface area (Å²) in [7, 11) is 1.60. The summed E-state index contributed by atoms with van der Waals surface area (Å²) in [6.07, 6.45) is 4.19. The van der Waals surface area contributed by atoms with Crippen LogP contribution in [0.1, 0.15) is 45.1 Å². The van der Waals surface area contributed by atoms with E-state index in [0.29, 0.717) is 0 Å². The molecular formula is C23H36N2O4. The zero-order valence-electron chi connectivity index (χ0n) is 18.1. The van der Waals surface area contributed by atoms with Crippen molar-refractivity contribution in [3.63, 3.8) is 0 Å². The molecule has 162 valence electrons. The molecule has 1 aromatic rings. The van der Waals surface area contributed by atoms with Gasteiger partial charge in [0.2, 0.25) is 5.91 Å². The summed E-state index contributed by atoms with van der Waals surface area (Å²) in [5.74, 6) is 1.03. The van der Waals surface area contributed by atoms with Gasteiger partial charge in [-0.25, -0.2) is 0 Å². The van der Waals surface area contributed by atoms with Gasteiger partial charge in [-0.1, -0.05) is 12.1 Å². The van der Waals surface area contributed by atoms with Crippen LogP contribution in [0.3, 0.4) is 0 Å². The maximum absolute atomic E-state index is 12.9. The van der Waals surface area contributed by atoms with Crippen molar-refractivity contribution in [2.24, 2.45) is 0 Å². The highest BCUT2D eigenvalue weighted by atomic mass is 16.5. The van der Waals surface area contributed by atoms with E-state index < -0.39 is 0 Å². The van der Waals surface area contributed by atoms with E-state index in [1.165, 1.54) is 5.56 Å². The van der Waals surface area contributed by atoms with Crippen LogP contribution in [-0.4, -0.2) is 73.9 Å². The Kier molecular flexibility index (Phi) is 8.33. The van der Waals surface area contributed by atoms with Gasteiger partial charge >= 0.3 is 0 Å². The maximum Gasteiger partial charge on any atom is 0.249 e. The highest BCUT2D eigenvalue weighted by molar-refractivity contribution is 5.78. The Morgan fingerprint density at radius 3 is 2.55 bits per heavy atom. The fraction of sp³-hybridized carbons (Fsp3) is 0.696. The molecule has 0 spiro atoms. The zero-order valence-corrected chi connectivity index (χ0v) is 18.1. The number of amides is 1. The SMILES string of the molecule is COCC(=O)N(C1CCOCC1)C1CCCN(Cc2ccc(OC(C)C)cc2)C1. The van der Waals surface area contributed by atoms with Gasteiger partial charge in [-0.05, 0) is 63.8 Å². The third-order valence-corrected chi connectivity index (χ3v) is 5.72. The Hall–Kier alpha value is -1.63. The molecule has 1 unspecified atom stereocenters. The molecule has 1 aromatic carbocycles. The van der Waals surface area contributed by atoms with Crippen LogP contribution >= 0.6 is 0 Å². The number of hydrogen-bond acceptors (Lipinski definition) is 5. The van der Waals surface area contributed by atoms with Crippen molar-refractivity contribution >= 4 is 5.91 Å². The number of nitrogens with zero attached hydrogens (tertiary/aromatic N) is 2. The standard InChI is InChI=1S/C23H36N2O4/c1-18(2)29-22-8-6-19(7-9-22)15-24-12-4-5-21(16-24)25(23(26)17-27-3)20-10-13-28-14-11-20/h6-9,18,20-21H,4-5,10-17H2,1-3H3. The van der Waals surface area contributed by atoms with E-state index in [1.54, 1.807) is 7.11 Å².